The molecule has 0 spiro atoms. The molecule has 0 aliphatic heterocycles. The topological polar surface area (TPSA) is 39.4 Å². The highest BCUT2D eigenvalue weighted by Gasteiger charge is 1.98. The number of aryl methyl sites for hydroxylation is 1. The first-order chi connectivity index (χ1) is 7.81. The van der Waals surface area contributed by atoms with Gasteiger partial charge in [-0.25, -0.2) is 4.98 Å². The van der Waals surface area contributed by atoms with Crippen molar-refractivity contribution < 1.29 is 4.74 Å². The van der Waals surface area contributed by atoms with E-state index in [1.54, 1.807) is 25.8 Å². The van der Waals surface area contributed by atoms with Gasteiger partial charge in [0.05, 0.1) is 31.5 Å². The Hall–Kier alpha value is -2.10. The quantitative estimate of drug-likeness (QED) is 0.736. The minimum Gasteiger partial charge on any atom is -0.494 e. The number of aromatic nitrogens is 2. The van der Waals surface area contributed by atoms with Gasteiger partial charge < -0.3 is 9.30 Å². The molecule has 0 unspecified atom stereocenters. The molecule has 16 heavy (non-hydrogen) atoms. The fourth-order valence-electron chi connectivity index (χ4n) is 1.36. The average molecular weight is 215 g/mol. The summed E-state index contributed by atoms with van der Waals surface area (Å²) in [6, 6.07) is 7.64. The minimum absolute atomic E-state index is 0.765. The molecule has 1 aromatic heterocycles. The standard InChI is InChI=1S/C12H13N3O/c1-15-9-13-7-10(15)8-14-11-5-3-4-6-12(11)16-2/h3-9H,1-2H3. The molecular weight excluding hydrogens is 202 g/mol. The second-order valence-electron chi connectivity index (χ2n) is 3.36. The zero-order chi connectivity index (χ0) is 11.4. The van der Waals surface area contributed by atoms with Gasteiger partial charge in [-0.15, -0.1) is 0 Å². The highest BCUT2D eigenvalue weighted by Crippen LogP contribution is 2.25. The number of aliphatic imine (C=N–C) groups is 1. The number of methoxy groups -OCH3 is 1. The molecule has 2 aromatic rings. The van der Waals surface area contributed by atoms with Crippen molar-refractivity contribution in [2.24, 2.45) is 12.0 Å². The number of imidazole rings is 1. The van der Waals surface area contributed by atoms with E-state index in [0.29, 0.717) is 0 Å². The van der Waals surface area contributed by atoms with Crippen molar-refractivity contribution >= 4 is 11.9 Å². The van der Waals surface area contributed by atoms with Gasteiger partial charge in [-0.3, -0.25) is 4.99 Å². The number of para-hydroxylation sites is 2. The van der Waals surface area contributed by atoms with Crippen molar-refractivity contribution in [2.75, 3.05) is 7.11 Å². The maximum Gasteiger partial charge on any atom is 0.144 e. The predicted octanol–water partition coefficient (Wildman–Crippen LogP) is 2.18. The van der Waals surface area contributed by atoms with Crippen LogP contribution in [-0.4, -0.2) is 22.9 Å². The summed E-state index contributed by atoms with van der Waals surface area (Å²) in [5.41, 5.74) is 1.76. The molecule has 82 valence electrons. The van der Waals surface area contributed by atoms with Gasteiger partial charge in [0.25, 0.3) is 0 Å². The third-order valence-corrected chi connectivity index (χ3v) is 2.28. The third kappa shape index (κ3) is 2.11. The summed E-state index contributed by atoms with van der Waals surface area (Å²) in [7, 11) is 3.56. The lowest BCUT2D eigenvalue weighted by Gasteiger charge is -2.02. The van der Waals surface area contributed by atoms with Crippen molar-refractivity contribution in [1.29, 1.82) is 0 Å². The van der Waals surface area contributed by atoms with Crippen LogP contribution in [0.5, 0.6) is 5.75 Å². The fraction of sp³-hybridized carbons (Fsp3) is 0.167. The monoisotopic (exact) mass is 215 g/mol. The Morgan fingerprint density at radius 1 is 1.38 bits per heavy atom. The van der Waals surface area contributed by atoms with Crippen LogP contribution in [0.1, 0.15) is 5.69 Å². The summed E-state index contributed by atoms with van der Waals surface area (Å²) < 4.78 is 7.11. The van der Waals surface area contributed by atoms with E-state index in [-0.39, 0.29) is 0 Å². The third-order valence-electron chi connectivity index (χ3n) is 2.28. The highest BCUT2D eigenvalue weighted by atomic mass is 16.5. The fourth-order valence-corrected chi connectivity index (χ4v) is 1.36. The van der Waals surface area contributed by atoms with E-state index in [9.17, 15) is 0 Å². The Labute approximate surface area is 94.2 Å². The van der Waals surface area contributed by atoms with Crippen LogP contribution >= 0.6 is 0 Å². The van der Waals surface area contributed by atoms with Crippen molar-refractivity contribution in [3.8, 4) is 5.75 Å². The summed E-state index contributed by atoms with van der Waals surface area (Å²) >= 11 is 0. The Morgan fingerprint density at radius 2 is 2.19 bits per heavy atom. The molecule has 0 fully saturated rings. The molecule has 1 aromatic carbocycles. The van der Waals surface area contributed by atoms with E-state index < -0.39 is 0 Å². The van der Waals surface area contributed by atoms with Crippen LogP contribution in [0.25, 0.3) is 0 Å². The summed E-state index contributed by atoms with van der Waals surface area (Å²) in [5, 5.41) is 0. The lowest BCUT2D eigenvalue weighted by atomic mass is 10.3. The van der Waals surface area contributed by atoms with Crippen molar-refractivity contribution in [3.05, 3.63) is 42.5 Å². The molecule has 0 bridgehead atoms. The van der Waals surface area contributed by atoms with Gasteiger partial charge >= 0.3 is 0 Å². The molecule has 0 saturated carbocycles. The SMILES string of the molecule is COc1ccccc1N=Cc1cncn1C. The van der Waals surface area contributed by atoms with Crippen LogP contribution in [0.2, 0.25) is 0 Å². The van der Waals surface area contributed by atoms with Gasteiger partial charge in [-0.05, 0) is 12.1 Å². The number of hydrogen-bond acceptors (Lipinski definition) is 3. The van der Waals surface area contributed by atoms with E-state index in [1.165, 1.54) is 0 Å². The molecule has 0 aliphatic rings. The zero-order valence-electron chi connectivity index (χ0n) is 9.29. The van der Waals surface area contributed by atoms with Crippen LogP contribution in [0, 0.1) is 0 Å². The van der Waals surface area contributed by atoms with E-state index in [2.05, 4.69) is 9.98 Å². The van der Waals surface area contributed by atoms with E-state index in [1.807, 2.05) is 35.9 Å². The van der Waals surface area contributed by atoms with Crippen molar-refractivity contribution in [3.63, 3.8) is 0 Å². The summed E-state index contributed by atoms with van der Waals surface area (Å²) in [5.74, 6) is 0.765. The lowest BCUT2D eigenvalue weighted by molar-refractivity contribution is 0.416. The zero-order valence-corrected chi connectivity index (χ0v) is 9.29. The van der Waals surface area contributed by atoms with Gasteiger partial charge in [0, 0.05) is 7.05 Å². The largest absolute Gasteiger partial charge is 0.494 e. The van der Waals surface area contributed by atoms with Crippen LogP contribution in [-0.2, 0) is 7.05 Å². The molecule has 4 heteroatoms. The molecule has 0 N–H and O–H groups in total. The van der Waals surface area contributed by atoms with Crippen molar-refractivity contribution in [2.45, 2.75) is 0 Å². The normalized spacial score (nSPS) is 10.9. The van der Waals surface area contributed by atoms with Gasteiger partial charge in [0.2, 0.25) is 0 Å². The van der Waals surface area contributed by atoms with Crippen LogP contribution in [0.3, 0.4) is 0 Å². The van der Waals surface area contributed by atoms with Gasteiger partial charge in [0.1, 0.15) is 11.4 Å². The summed E-state index contributed by atoms with van der Waals surface area (Å²) in [4.78, 5) is 8.39. The number of rotatable bonds is 3. The molecule has 0 amide bonds. The Bertz CT molecular complexity index is 502. The van der Waals surface area contributed by atoms with Crippen LogP contribution in [0.15, 0.2) is 41.8 Å². The van der Waals surface area contributed by atoms with Crippen molar-refractivity contribution in [1.82, 2.24) is 9.55 Å². The van der Waals surface area contributed by atoms with Gasteiger partial charge in [-0.1, -0.05) is 12.1 Å². The molecular formula is C12H13N3O. The first-order valence-corrected chi connectivity index (χ1v) is 4.94. The smallest absolute Gasteiger partial charge is 0.144 e. The molecule has 1 heterocycles. The van der Waals surface area contributed by atoms with Gasteiger partial charge in [-0.2, -0.15) is 0 Å². The predicted molar refractivity (Wildman–Crippen MR) is 63.5 cm³/mol. The lowest BCUT2D eigenvalue weighted by Crippen LogP contribution is -1.92. The Morgan fingerprint density at radius 3 is 2.88 bits per heavy atom. The molecule has 0 saturated heterocycles. The molecule has 2 rings (SSSR count). The van der Waals surface area contributed by atoms with Crippen LogP contribution in [0.4, 0.5) is 5.69 Å². The van der Waals surface area contributed by atoms with Crippen LogP contribution < -0.4 is 4.74 Å². The number of benzene rings is 1. The molecule has 0 aliphatic carbocycles. The number of ether oxygens (including phenoxy) is 1. The summed E-state index contributed by atoms with van der Waals surface area (Å²) in [6.45, 7) is 0. The highest BCUT2D eigenvalue weighted by molar-refractivity contribution is 5.80. The Balaban J connectivity index is 2.27. The van der Waals surface area contributed by atoms with E-state index in [4.69, 9.17) is 4.74 Å². The molecule has 0 atom stereocenters. The van der Waals surface area contributed by atoms with E-state index >= 15 is 0 Å². The van der Waals surface area contributed by atoms with Gasteiger partial charge in [0.15, 0.2) is 0 Å². The van der Waals surface area contributed by atoms with E-state index in [0.717, 1.165) is 17.1 Å². The first kappa shape index (κ1) is 10.4. The minimum atomic E-state index is 0.765. The summed E-state index contributed by atoms with van der Waals surface area (Å²) in [6.07, 6.45) is 5.27. The number of hydrogen-bond donors (Lipinski definition) is 0. The molecule has 4 nitrogen and oxygen atoms in total. The first-order valence-electron chi connectivity index (χ1n) is 4.94. The second-order valence-corrected chi connectivity index (χ2v) is 3.36. The molecule has 0 radical (unpaired) electrons. The average Bonchev–Trinajstić information content (AvgIpc) is 2.72. The Kier molecular flexibility index (Phi) is 3.00. The maximum absolute atomic E-state index is 5.21. The maximum atomic E-state index is 5.21. The number of nitrogens with zero attached hydrogens (tertiary/aromatic N) is 3. The second kappa shape index (κ2) is 4.61.